The Balaban J connectivity index is 1.69. The first-order chi connectivity index (χ1) is 10.6. The molecule has 2 N–H and O–H groups in total. The molecule has 22 heavy (non-hydrogen) atoms. The summed E-state index contributed by atoms with van der Waals surface area (Å²) in [6, 6.07) is 0. The summed E-state index contributed by atoms with van der Waals surface area (Å²) >= 11 is 0. The maximum Gasteiger partial charge on any atom is 0.335 e. The van der Waals surface area contributed by atoms with Crippen molar-refractivity contribution in [3.63, 3.8) is 0 Å². The van der Waals surface area contributed by atoms with Crippen LogP contribution in [0.15, 0.2) is 36.4 Å². The molecule has 0 saturated carbocycles. The van der Waals surface area contributed by atoms with Gasteiger partial charge in [0.2, 0.25) is 0 Å². The van der Waals surface area contributed by atoms with E-state index in [2.05, 4.69) is 19.8 Å². The number of likely N-dealkylation sites (tertiary alicyclic amines) is 1. The number of carbonyl (C=O) groups is 1. The molecular weight excluding hydrogens is 280 g/mol. The molecule has 6 nitrogen and oxygen atoms in total. The molecule has 1 saturated heterocycles. The predicted octanol–water partition coefficient (Wildman–Crippen LogP) is 1.32. The molecule has 1 aromatic heterocycles. The predicted molar refractivity (Wildman–Crippen MR) is 83.2 cm³/mol. The minimum absolute atomic E-state index is 0.285. The normalized spacial score (nSPS) is 25.0. The van der Waals surface area contributed by atoms with Gasteiger partial charge in [-0.1, -0.05) is 0 Å². The van der Waals surface area contributed by atoms with E-state index < -0.39 is 11.5 Å². The van der Waals surface area contributed by atoms with E-state index >= 15 is 0 Å². The SMILES string of the molecule is CC1(c2cn(CCN3CCCC3)cn2)C=C(C(=O)O)C=CN1. The standard InChI is InChI=1S/C16H22N4O2/c1-16(10-13(15(21)22)4-5-18-16)14-11-20(12-17-14)9-8-19-6-2-3-7-19/h4-5,10-12,18H,2-3,6-9H2,1H3,(H,21,22). The van der Waals surface area contributed by atoms with Crippen molar-refractivity contribution in [3.8, 4) is 0 Å². The highest BCUT2D eigenvalue weighted by molar-refractivity contribution is 5.90. The van der Waals surface area contributed by atoms with E-state index in [0.717, 1.165) is 18.8 Å². The molecule has 6 heteroatoms. The van der Waals surface area contributed by atoms with Crippen LogP contribution in [0.3, 0.4) is 0 Å². The molecule has 2 aliphatic heterocycles. The lowest BCUT2D eigenvalue weighted by atomic mass is 9.93. The van der Waals surface area contributed by atoms with Crippen molar-refractivity contribution in [1.29, 1.82) is 0 Å². The van der Waals surface area contributed by atoms with Crippen LogP contribution in [-0.4, -0.2) is 45.2 Å². The Hall–Kier alpha value is -2.08. The number of imidazole rings is 1. The molecule has 2 aliphatic rings. The van der Waals surface area contributed by atoms with E-state index in [-0.39, 0.29) is 5.57 Å². The molecule has 1 fully saturated rings. The highest BCUT2D eigenvalue weighted by Gasteiger charge is 2.29. The van der Waals surface area contributed by atoms with Gasteiger partial charge in [-0.3, -0.25) is 0 Å². The van der Waals surface area contributed by atoms with Crippen LogP contribution in [0, 0.1) is 0 Å². The van der Waals surface area contributed by atoms with Gasteiger partial charge in [-0.25, -0.2) is 9.78 Å². The second-order valence-electron chi connectivity index (χ2n) is 6.13. The lowest BCUT2D eigenvalue weighted by Gasteiger charge is -2.28. The molecule has 0 amide bonds. The van der Waals surface area contributed by atoms with Crippen LogP contribution in [-0.2, 0) is 16.9 Å². The van der Waals surface area contributed by atoms with Gasteiger partial charge >= 0.3 is 5.97 Å². The molecule has 0 aliphatic carbocycles. The number of rotatable bonds is 5. The molecule has 3 rings (SSSR count). The van der Waals surface area contributed by atoms with Gasteiger partial charge in [0.1, 0.15) is 0 Å². The molecule has 0 radical (unpaired) electrons. The zero-order valence-electron chi connectivity index (χ0n) is 12.8. The lowest BCUT2D eigenvalue weighted by molar-refractivity contribution is -0.132. The van der Waals surface area contributed by atoms with Gasteiger partial charge in [0.15, 0.2) is 0 Å². The molecule has 1 unspecified atom stereocenters. The van der Waals surface area contributed by atoms with Gasteiger partial charge in [-0.05, 0) is 51.2 Å². The fourth-order valence-electron chi connectivity index (χ4n) is 3.00. The zero-order chi connectivity index (χ0) is 15.6. The third-order valence-electron chi connectivity index (χ3n) is 4.38. The smallest absolute Gasteiger partial charge is 0.335 e. The summed E-state index contributed by atoms with van der Waals surface area (Å²) < 4.78 is 2.08. The molecule has 0 spiro atoms. The molecule has 118 valence electrons. The Kier molecular flexibility index (Phi) is 4.02. The van der Waals surface area contributed by atoms with Crippen molar-refractivity contribution in [3.05, 3.63) is 42.1 Å². The van der Waals surface area contributed by atoms with Crippen LogP contribution >= 0.6 is 0 Å². The number of carboxylic acid groups (broad SMARTS) is 1. The van der Waals surface area contributed by atoms with Gasteiger partial charge in [0.05, 0.1) is 23.1 Å². The van der Waals surface area contributed by atoms with Crippen molar-refractivity contribution in [2.75, 3.05) is 19.6 Å². The van der Waals surface area contributed by atoms with Crippen molar-refractivity contribution in [2.45, 2.75) is 31.8 Å². The third kappa shape index (κ3) is 3.06. The van der Waals surface area contributed by atoms with Gasteiger partial charge in [-0.2, -0.15) is 0 Å². The van der Waals surface area contributed by atoms with Gasteiger partial charge in [-0.15, -0.1) is 0 Å². The highest BCUT2D eigenvalue weighted by Crippen LogP contribution is 2.25. The summed E-state index contributed by atoms with van der Waals surface area (Å²) in [4.78, 5) is 18.1. The molecule has 1 aromatic rings. The summed E-state index contributed by atoms with van der Waals surface area (Å²) in [5.74, 6) is -0.919. The summed E-state index contributed by atoms with van der Waals surface area (Å²) in [6.07, 6.45) is 11.4. The van der Waals surface area contributed by atoms with Crippen LogP contribution in [0.4, 0.5) is 0 Å². The van der Waals surface area contributed by atoms with Gasteiger partial charge in [0, 0.05) is 19.3 Å². The topological polar surface area (TPSA) is 70.4 Å². The maximum absolute atomic E-state index is 11.1. The van der Waals surface area contributed by atoms with E-state index in [4.69, 9.17) is 5.11 Å². The minimum Gasteiger partial charge on any atom is -0.478 e. The fourth-order valence-corrected chi connectivity index (χ4v) is 3.00. The Labute approximate surface area is 130 Å². The van der Waals surface area contributed by atoms with Crippen LogP contribution in [0.25, 0.3) is 0 Å². The van der Waals surface area contributed by atoms with E-state index in [1.54, 1.807) is 18.4 Å². The number of hydrogen-bond donors (Lipinski definition) is 2. The second kappa shape index (κ2) is 5.96. The summed E-state index contributed by atoms with van der Waals surface area (Å²) in [7, 11) is 0. The average molecular weight is 302 g/mol. The minimum atomic E-state index is -0.919. The van der Waals surface area contributed by atoms with Crippen LogP contribution in [0.2, 0.25) is 0 Å². The van der Waals surface area contributed by atoms with E-state index in [1.165, 1.54) is 25.9 Å². The largest absolute Gasteiger partial charge is 0.478 e. The van der Waals surface area contributed by atoms with Gasteiger partial charge < -0.3 is 19.9 Å². The van der Waals surface area contributed by atoms with Gasteiger partial charge in [0.25, 0.3) is 0 Å². The van der Waals surface area contributed by atoms with Crippen molar-refractivity contribution < 1.29 is 9.90 Å². The average Bonchev–Trinajstić information content (AvgIpc) is 3.17. The Bertz CT molecular complexity index is 613. The lowest BCUT2D eigenvalue weighted by Crippen LogP contribution is -2.37. The van der Waals surface area contributed by atoms with Crippen LogP contribution in [0.5, 0.6) is 0 Å². The Morgan fingerprint density at radius 2 is 2.18 bits per heavy atom. The second-order valence-corrected chi connectivity index (χ2v) is 6.13. The number of dihydropyridines is 1. The molecule has 1 atom stereocenters. The molecule has 3 heterocycles. The highest BCUT2D eigenvalue weighted by atomic mass is 16.4. The molecular formula is C16H22N4O2. The van der Waals surface area contributed by atoms with E-state index in [1.807, 2.05) is 19.4 Å². The summed E-state index contributed by atoms with van der Waals surface area (Å²) in [5, 5.41) is 12.4. The van der Waals surface area contributed by atoms with Crippen LogP contribution in [0.1, 0.15) is 25.5 Å². The third-order valence-corrected chi connectivity index (χ3v) is 4.38. The molecule has 0 aromatic carbocycles. The number of carboxylic acids is 1. The maximum atomic E-state index is 11.1. The first kappa shape index (κ1) is 14.8. The summed E-state index contributed by atoms with van der Waals surface area (Å²) in [5.41, 5.74) is 0.534. The molecule has 0 bridgehead atoms. The van der Waals surface area contributed by atoms with Crippen LogP contribution < -0.4 is 5.32 Å². The van der Waals surface area contributed by atoms with E-state index in [9.17, 15) is 4.79 Å². The zero-order valence-corrected chi connectivity index (χ0v) is 12.8. The Morgan fingerprint density at radius 1 is 1.41 bits per heavy atom. The monoisotopic (exact) mass is 302 g/mol. The quantitative estimate of drug-likeness (QED) is 0.858. The number of hydrogen-bond acceptors (Lipinski definition) is 4. The number of nitrogens with one attached hydrogen (secondary N) is 1. The first-order valence-corrected chi connectivity index (χ1v) is 7.72. The number of nitrogens with zero attached hydrogens (tertiary/aromatic N) is 3. The first-order valence-electron chi connectivity index (χ1n) is 7.72. The number of aliphatic carboxylic acids is 1. The number of aromatic nitrogens is 2. The van der Waals surface area contributed by atoms with Crippen molar-refractivity contribution >= 4 is 5.97 Å². The van der Waals surface area contributed by atoms with Crippen molar-refractivity contribution in [2.24, 2.45) is 0 Å². The Morgan fingerprint density at radius 3 is 2.91 bits per heavy atom. The van der Waals surface area contributed by atoms with Crippen molar-refractivity contribution in [1.82, 2.24) is 19.8 Å². The fraction of sp³-hybridized carbons (Fsp3) is 0.500. The van der Waals surface area contributed by atoms with E-state index in [0.29, 0.717) is 0 Å². The summed E-state index contributed by atoms with van der Waals surface area (Å²) in [6.45, 7) is 6.27.